The number of benzene rings is 3. The summed E-state index contributed by atoms with van der Waals surface area (Å²) in [6, 6.07) is 19.1. The first kappa shape index (κ1) is 18.1. The first-order chi connectivity index (χ1) is 12.4. The van der Waals surface area contributed by atoms with Crippen LogP contribution in [0.25, 0.3) is 10.8 Å². The molecule has 0 fully saturated rings. The lowest BCUT2D eigenvalue weighted by molar-refractivity contribution is -0.274. The normalized spacial score (nSPS) is 11.3. The van der Waals surface area contributed by atoms with Gasteiger partial charge in [-0.15, -0.1) is 24.9 Å². The molecule has 0 radical (unpaired) electrons. The number of alkyl halides is 3. The average Bonchev–Trinajstić information content (AvgIpc) is 2.60. The van der Waals surface area contributed by atoms with Crippen LogP contribution in [0.3, 0.4) is 0 Å². The molecule has 0 bridgehead atoms. The third-order valence-corrected chi connectivity index (χ3v) is 4.47. The van der Waals surface area contributed by atoms with Crippen molar-refractivity contribution in [1.82, 2.24) is 0 Å². The molecule has 1 amide bonds. The Bertz CT molecular complexity index is 928. The zero-order valence-corrected chi connectivity index (χ0v) is 14.2. The SMILES string of the molecule is O=C(CSc1ccc2ccccc2c1)Nc1ccccc1OC(F)(F)F. The Labute approximate surface area is 152 Å². The minimum absolute atomic E-state index is 0.0195. The molecule has 26 heavy (non-hydrogen) atoms. The molecule has 0 aliphatic rings. The van der Waals surface area contributed by atoms with E-state index >= 15 is 0 Å². The van der Waals surface area contributed by atoms with Crippen LogP contribution in [0.2, 0.25) is 0 Å². The number of nitrogens with one attached hydrogen (secondary N) is 1. The molecule has 3 aromatic carbocycles. The Kier molecular flexibility index (Phi) is 5.37. The average molecular weight is 377 g/mol. The largest absolute Gasteiger partial charge is 0.573 e. The molecule has 0 unspecified atom stereocenters. The van der Waals surface area contributed by atoms with Gasteiger partial charge >= 0.3 is 6.36 Å². The molecule has 0 heterocycles. The minimum Gasteiger partial charge on any atom is -0.404 e. The molecule has 3 rings (SSSR count). The van der Waals surface area contributed by atoms with Crippen LogP contribution in [0.4, 0.5) is 18.9 Å². The number of rotatable bonds is 5. The van der Waals surface area contributed by atoms with Crippen LogP contribution < -0.4 is 10.1 Å². The van der Waals surface area contributed by atoms with E-state index in [9.17, 15) is 18.0 Å². The Morgan fingerprint density at radius 1 is 0.962 bits per heavy atom. The van der Waals surface area contributed by atoms with Gasteiger partial charge in [0.15, 0.2) is 5.75 Å². The lowest BCUT2D eigenvalue weighted by Gasteiger charge is -2.13. The fourth-order valence-corrected chi connectivity index (χ4v) is 3.12. The number of ether oxygens (including phenoxy) is 1. The van der Waals surface area contributed by atoms with Gasteiger partial charge in [-0.2, -0.15) is 0 Å². The summed E-state index contributed by atoms with van der Waals surface area (Å²) < 4.78 is 41.2. The zero-order chi connectivity index (χ0) is 18.6. The molecule has 0 aliphatic carbocycles. The van der Waals surface area contributed by atoms with Crippen LogP contribution in [-0.2, 0) is 4.79 Å². The number of anilines is 1. The van der Waals surface area contributed by atoms with Gasteiger partial charge in [0.2, 0.25) is 5.91 Å². The second kappa shape index (κ2) is 7.70. The van der Waals surface area contributed by atoms with Gasteiger partial charge in [-0.1, -0.05) is 42.5 Å². The van der Waals surface area contributed by atoms with E-state index in [1.54, 1.807) is 0 Å². The van der Waals surface area contributed by atoms with Crippen LogP contribution >= 0.6 is 11.8 Å². The molecule has 0 saturated heterocycles. The summed E-state index contributed by atoms with van der Waals surface area (Å²) in [5, 5.41) is 4.61. The van der Waals surface area contributed by atoms with Crippen LogP contribution in [0.15, 0.2) is 71.6 Å². The number of hydrogen-bond donors (Lipinski definition) is 1. The molecule has 0 aromatic heterocycles. The predicted octanol–water partition coefficient (Wildman–Crippen LogP) is 5.47. The summed E-state index contributed by atoms with van der Waals surface area (Å²) >= 11 is 1.31. The number of carbonyl (C=O) groups excluding carboxylic acids is 1. The summed E-state index contributed by atoms with van der Waals surface area (Å²) in [5.74, 6) is -0.788. The monoisotopic (exact) mass is 377 g/mol. The van der Waals surface area contributed by atoms with Gasteiger partial charge in [0.05, 0.1) is 11.4 Å². The number of halogens is 3. The highest BCUT2D eigenvalue weighted by Gasteiger charge is 2.32. The van der Waals surface area contributed by atoms with Gasteiger partial charge in [-0.05, 0) is 35.0 Å². The van der Waals surface area contributed by atoms with Crippen LogP contribution in [0.5, 0.6) is 5.75 Å². The summed E-state index contributed by atoms with van der Waals surface area (Å²) in [6.45, 7) is 0. The van der Waals surface area contributed by atoms with E-state index in [-0.39, 0.29) is 11.4 Å². The standard InChI is InChI=1S/C19H14F3NO2S/c20-19(21,22)25-17-8-4-3-7-16(17)23-18(24)12-26-15-10-9-13-5-1-2-6-14(13)11-15/h1-11H,12H2,(H,23,24). The van der Waals surface area contributed by atoms with Gasteiger partial charge in [0, 0.05) is 4.90 Å². The molecule has 0 spiro atoms. The highest BCUT2D eigenvalue weighted by atomic mass is 32.2. The fraction of sp³-hybridized carbons (Fsp3) is 0.105. The molecule has 3 aromatic rings. The maximum atomic E-state index is 12.4. The molecule has 134 valence electrons. The van der Waals surface area contributed by atoms with Gasteiger partial charge in [-0.25, -0.2) is 0 Å². The number of fused-ring (bicyclic) bond motifs is 1. The van der Waals surface area contributed by atoms with Gasteiger partial charge in [0.25, 0.3) is 0 Å². The van der Waals surface area contributed by atoms with E-state index in [1.165, 1.54) is 30.0 Å². The molecule has 0 saturated carbocycles. The van der Waals surface area contributed by atoms with E-state index in [4.69, 9.17) is 0 Å². The zero-order valence-electron chi connectivity index (χ0n) is 13.4. The second-order valence-corrected chi connectivity index (χ2v) is 6.44. The highest BCUT2D eigenvalue weighted by molar-refractivity contribution is 8.00. The lowest BCUT2D eigenvalue weighted by Crippen LogP contribution is -2.20. The molecule has 0 atom stereocenters. The highest BCUT2D eigenvalue weighted by Crippen LogP contribution is 2.30. The first-order valence-corrected chi connectivity index (χ1v) is 8.65. The fourth-order valence-electron chi connectivity index (χ4n) is 2.38. The molecular formula is C19H14F3NO2S. The molecule has 0 aliphatic heterocycles. The van der Waals surface area contributed by atoms with E-state index in [0.29, 0.717) is 0 Å². The maximum absolute atomic E-state index is 12.4. The van der Waals surface area contributed by atoms with E-state index in [2.05, 4.69) is 10.1 Å². The summed E-state index contributed by atoms with van der Waals surface area (Å²) in [7, 11) is 0. The number of hydrogen-bond acceptors (Lipinski definition) is 3. The Morgan fingerprint density at radius 2 is 1.65 bits per heavy atom. The Hall–Kier alpha value is -2.67. The summed E-state index contributed by atoms with van der Waals surface area (Å²) in [4.78, 5) is 13.0. The van der Waals surface area contributed by atoms with Crippen molar-refractivity contribution in [2.75, 3.05) is 11.1 Å². The van der Waals surface area contributed by atoms with Crippen molar-refractivity contribution in [3.8, 4) is 5.75 Å². The van der Waals surface area contributed by atoms with E-state index in [1.807, 2.05) is 42.5 Å². The Balaban J connectivity index is 1.64. The van der Waals surface area contributed by atoms with Gasteiger partial charge in [-0.3, -0.25) is 4.79 Å². The van der Waals surface area contributed by atoms with Crippen molar-refractivity contribution in [2.24, 2.45) is 0 Å². The summed E-state index contributed by atoms with van der Waals surface area (Å²) in [6.07, 6.45) is -4.82. The van der Waals surface area contributed by atoms with Crippen molar-refractivity contribution in [3.05, 3.63) is 66.7 Å². The van der Waals surface area contributed by atoms with Crippen molar-refractivity contribution in [3.63, 3.8) is 0 Å². The third kappa shape index (κ3) is 4.92. The molecule has 3 nitrogen and oxygen atoms in total. The third-order valence-electron chi connectivity index (χ3n) is 3.48. The van der Waals surface area contributed by atoms with Crippen LogP contribution in [0, 0.1) is 0 Å². The minimum atomic E-state index is -4.82. The smallest absolute Gasteiger partial charge is 0.404 e. The van der Waals surface area contributed by atoms with Gasteiger partial charge in [0.1, 0.15) is 0 Å². The van der Waals surface area contributed by atoms with Crippen LogP contribution in [-0.4, -0.2) is 18.0 Å². The quantitative estimate of drug-likeness (QED) is 0.599. The van der Waals surface area contributed by atoms with Crippen molar-refractivity contribution in [1.29, 1.82) is 0 Å². The lowest BCUT2D eigenvalue weighted by atomic mass is 10.1. The van der Waals surface area contributed by atoms with Crippen molar-refractivity contribution in [2.45, 2.75) is 11.3 Å². The summed E-state index contributed by atoms with van der Waals surface area (Å²) in [5.41, 5.74) is -0.0195. The van der Waals surface area contributed by atoms with E-state index < -0.39 is 18.0 Å². The predicted molar refractivity (Wildman–Crippen MR) is 96.4 cm³/mol. The van der Waals surface area contributed by atoms with E-state index in [0.717, 1.165) is 21.7 Å². The number of para-hydroxylation sites is 2. The number of amides is 1. The maximum Gasteiger partial charge on any atom is 0.573 e. The van der Waals surface area contributed by atoms with Gasteiger partial charge < -0.3 is 10.1 Å². The van der Waals surface area contributed by atoms with Crippen molar-refractivity contribution >= 4 is 34.1 Å². The van der Waals surface area contributed by atoms with Crippen LogP contribution in [0.1, 0.15) is 0 Å². The second-order valence-electron chi connectivity index (χ2n) is 5.39. The topological polar surface area (TPSA) is 38.3 Å². The number of thioether (sulfide) groups is 1. The first-order valence-electron chi connectivity index (χ1n) is 7.67. The molecular weight excluding hydrogens is 363 g/mol. The molecule has 7 heteroatoms. The van der Waals surface area contributed by atoms with Crippen molar-refractivity contribution < 1.29 is 22.7 Å². The number of carbonyl (C=O) groups is 1. The Morgan fingerprint density at radius 3 is 2.42 bits per heavy atom. The molecule has 1 N–H and O–H groups in total.